The van der Waals surface area contributed by atoms with Gasteiger partial charge in [-0.1, -0.05) is 154 Å². The maximum Gasteiger partial charge on any atom is 0.326 e. The molecule has 7 heteroatoms. The quantitative estimate of drug-likeness (QED) is 0.0328. The molecule has 0 radical (unpaired) electrons. The van der Waals surface area contributed by atoms with E-state index in [4.69, 9.17) is 10.5 Å². The summed E-state index contributed by atoms with van der Waals surface area (Å²) in [5.41, 5.74) is 5.48. The lowest BCUT2D eigenvalue weighted by atomic mass is 10.0. The highest BCUT2D eigenvalue weighted by Crippen LogP contribution is 2.19. The summed E-state index contributed by atoms with van der Waals surface area (Å²) in [4.78, 5) is 36.3. The molecule has 0 fully saturated rings. The number of rotatable bonds is 40. The fraction of sp³-hybridized carbons (Fsp3) is 0.844. The summed E-state index contributed by atoms with van der Waals surface area (Å²) in [5, 5.41) is 11.9. The van der Waals surface area contributed by atoms with Gasteiger partial charge in [-0.15, -0.1) is 0 Å². The van der Waals surface area contributed by atoms with Crippen molar-refractivity contribution in [2.24, 2.45) is 5.73 Å². The van der Waals surface area contributed by atoms with Gasteiger partial charge in [-0.25, -0.2) is 4.79 Å². The Morgan fingerprint density at radius 2 is 1.00 bits per heavy atom. The summed E-state index contributed by atoms with van der Waals surface area (Å²) in [6.07, 6.45) is 45.0. The fourth-order valence-electron chi connectivity index (χ4n) is 6.66. The Kier molecular flexibility index (Phi) is 38.4. The van der Waals surface area contributed by atoms with Crippen molar-refractivity contribution in [2.45, 2.75) is 238 Å². The van der Waals surface area contributed by atoms with Crippen LogP contribution in [0.15, 0.2) is 24.3 Å². The monoisotopic (exact) mass is 733 g/mol. The van der Waals surface area contributed by atoms with E-state index in [-0.39, 0.29) is 18.0 Å². The summed E-state index contributed by atoms with van der Waals surface area (Å²) < 4.78 is 6.04. The number of allylic oxidation sites excluding steroid dienone is 4. The molecule has 52 heavy (non-hydrogen) atoms. The number of carboxylic acids is 1. The highest BCUT2D eigenvalue weighted by atomic mass is 16.5. The minimum absolute atomic E-state index is 0.0106. The van der Waals surface area contributed by atoms with Crippen molar-refractivity contribution in [1.82, 2.24) is 5.32 Å². The average molecular weight is 733 g/mol. The van der Waals surface area contributed by atoms with E-state index in [2.05, 4.69) is 43.5 Å². The molecule has 2 atom stereocenters. The number of amides is 1. The summed E-state index contributed by atoms with van der Waals surface area (Å²) in [6, 6.07) is -0.855. The molecule has 0 heterocycles. The Morgan fingerprint density at radius 3 is 1.50 bits per heavy atom. The number of esters is 1. The Hall–Kier alpha value is -2.15. The molecule has 2 unspecified atom stereocenters. The molecule has 0 aliphatic heterocycles. The van der Waals surface area contributed by atoms with Crippen LogP contribution in [-0.2, 0) is 19.1 Å². The van der Waals surface area contributed by atoms with E-state index in [1.165, 1.54) is 109 Å². The first kappa shape index (κ1) is 49.9. The summed E-state index contributed by atoms with van der Waals surface area (Å²) in [6.45, 7) is 4.93. The van der Waals surface area contributed by atoms with Crippen LogP contribution in [0.2, 0.25) is 0 Å². The molecular formula is C45H84N2O5. The van der Waals surface area contributed by atoms with Crippen LogP contribution in [0.25, 0.3) is 0 Å². The SMILES string of the molecule is CCCCCC/C=C\C/C=C\CCCCCCCC(=O)OC(CCCCCCCCCCCC)CCCCCCCC(=O)NC(CCCN)C(=O)O. The molecule has 0 aliphatic carbocycles. The maximum absolute atomic E-state index is 12.8. The first-order valence-corrected chi connectivity index (χ1v) is 22.2. The first-order chi connectivity index (χ1) is 25.4. The fourth-order valence-corrected chi connectivity index (χ4v) is 6.66. The molecule has 1 amide bonds. The van der Waals surface area contributed by atoms with E-state index >= 15 is 0 Å². The van der Waals surface area contributed by atoms with Crippen molar-refractivity contribution in [1.29, 1.82) is 0 Å². The molecule has 0 saturated carbocycles. The predicted molar refractivity (Wildman–Crippen MR) is 220 cm³/mol. The van der Waals surface area contributed by atoms with Gasteiger partial charge in [0.25, 0.3) is 0 Å². The molecule has 0 aromatic carbocycles. The van der Waals surface area contributed by atoms with Crippen LogP contribution in [-0.4, -0.2) is 41.6 Å². The molecule has 4 N–H and O–H groups in total. The number of ether oxygens (including phenoxy) is 1. The number of carboxylic acid groups (broad SMARTS) is 1. The lowest BCUT2D eigenvalue weighted by Crippen LogP contribution is -2.40. The van der Waals surface area contributed by atoms with E-state index in [1.54, 1.807) is 0 Å². The highest BCUT2D eigenvalue weighted by Gasteiger charge is 2.19. The van der Waals surface area contributed by atoms with Gasteiger partial charge in [0.2, 0.25) is 5.91 Å². The predicted octanol–water partition coefficient (Wildman–Crippen LogP) is 12.5. The Balaban J connectivity index is 4.28. The van der Waals surface area contributed by atoms with Crippen LogP contribution in [0.1, 0.15) is 226 Å². The third-order valence-corrected chi connectivity index (χ3v) is 10.0. The van der Waals surface area contributed by atoms with Gasteiger partial charge >= 0.3 is 11.9 Å². The van der Waals surface area contributed by atoms with Crippen LogP contribution < -0.4 is 11.1 Å². The number of carbonyl (C=O) groups excluding carboxylic acids is 2. The molecule has 0 saturated heterocycles. The Bertz CT molecular complexity index is 874. The van der Waals surface area contributed by atoms with Crippen LogP contribution in [0.5, 0.6) is 0 Å². The smallest absolute Gasteiger partial charge is 0.326 e. The van der Waals surface area contributed by atoms with E-state index in [0.717, 1.165) is 77.0 Å². The zero-order valence-electron chi connectivity index (χ0n) is 34.2. The molecule has 0 aromatic rings. The summed E-state index contributed by atoms with van der Waals surface area (Å²) >= 11 is 0. The number of hydrogen-bond acceptors (Lipinski definition) is 5. The average Bonchev–Trinajstić information content (AvgIpc) is 3.13. The van der Waals surface area contributed by atoms with Gasteiger partial charge in [-0.3, -0.25) is 9.59 Å². The molecule has 304 valence electrons. The standard InChI is InChI=1S/C45H84N2O5/c1-3-5-7-9-11-13-15-16-17-18-19-20-22-24-29-33-39-44(49)52-41(35-30-26-23-21-14-12-10-8-6-4-2)36-31-27-25-28-32-38-43(48)47-42(45(50)51)37-34-40-46/h13,15,17-18,41-42H,3-12,14,16,19-40,46H2,1-2H3,(H,47,48)(H,50,51)/b15-13-,18-17-. The third-order valence-electron chi connectivity index (χ3n) is 10.0. The van der Waals surface area contributed by atoms with Crippen molar-refractivity contribution in [2.75, 3.05) is 6.54 Å². The van der Waals surface area contributed by atoms with Gasteiger partial charge < -0.3 is 20.9 Å². The maximum atomic E-state index is 12.8. The van der Waals surface area contributed by atoms with Gasteiger partial charge in [-0.2, -0.15) is 0 Å². The first-order valence-electron chi connectivity index (χ1n) is 22.2. The number of hydrogen-bond donors (Lipinski definition) is 3. The van der Waals surface area contributed by atoms with Crippen LogP contribution >= 0.6 is 0 Å². The minimum atomic E-state index is -1.00. The zero-order valence-corrected chi connectivity index (χ0v) is 34.2. The van der Waals surface area contributed by atoms with Gasteiger partial charge in [0.1, 0.15) is 12.1 Å². The van der Waals surface area contributed by atoms with Crippen LogP contribution in [0, 0.1) is 0 Å². The van der Waals surface area contributed by atoms with Gasteiger partial charge in [0.15, 0.2) is 0 Å². The van der Waals surface area contributed by atoms with E-state index < -0.39 is 12.0 Å². The highest BCUT2D eigenvalue weighted by molar-refractivity contribution is 5.83. The van der Waals surface area contributed by atoms with Crippen molar-refractivity contribution >= 4 is 17.8 Å². The van der Waals surface area contributed by atoms with E-state index in [9.17, 15) is 19.5 Å². The third kappa shape index (κ3) is 36.2. The van der Waals surface area contributed by atoms with Crippen molar-refractivity contribution in [3.05, 3.63) is 24.3 Å². The van der Waals surface area contributed by atoms with E-state index in [1.807, 2.05) is 0 Å². The van der Waals surface area contributed by atoms with Crippen molar-refractivity contribution in [3.8, 4) is 0 Å². The second-order valence-corrected chi connectivity index (χ2v) is 15.1. The molecule has 0 aliphatic rings. The van der Waals surface area contributed by atoms with Gasteiger partial charge in [0.05, 0.1) is 0 Å². The van der Waals surface area contributed by atoms with Crippen molar-refractivity contribution in [3.63, 3.8) is 0 Å². The van der Waals surface area contributed by atoms with Gasteiger partial charge in [-0.05, 0) is 90.0 Å². The van der Waals surface area contributed by atoms with Crippen LogP contribution in [0.4, 0.5) is 0 Å². The van der Waals surface area contributed by atoms with Gasteiger partial charge in [0, 0.05) is 12.8 Å². The normalized spacial score (nSPS) is 12.8. The molecule has 7 nitrogen and oxygen atoms in total. The molecule has 0 spiro atoms. The molecule has 0 bridgehead atoms. The minimum Gasteiger partial charge on any atom is -0.480 e. The molecule has 0 aromatic heterocycles. The lowest BCUT2D eigenvalue weighted by Gasteiger charge is -2.18. The largest absolute Gasteiger partial charge is 0.480 e. The number of nitrogens with two attached hydrogens (primary N) is 1. The second-order valence-electron chi connectivity index (χ2n) is 15.1. The zero-order chi connectivity index (χ0) is 38.2. The molecule has 0 rings (SSSR count). The van der Waals surface area contributed by atoms with E-state index in [0.29, 0.717) is 32.2 Å². The number of aliphatic carboxylic acids is 1. The molecular weight excluding hydrogens is 649 g/mol. The second kappa shape index (κ2) is 40.0. The number of carbonyl (C=O) groups is 3. The lowest BCUT2D eigenvalue weighted by molar-refractivity contribution is -0.150. The summed E-state index contributed by atoms with van der Waals surface area (Å²) in [7, 11) is 0. The topological polar surface area (TPSA) is 119 Å². The summed E-state index contributed by atoms with van der Waals surface area (Å²) in [5.74, 6) is -1.24. The van der Waals surface area contributed by atoms with Crippen molar-refractivity contribution < 1.29 is 24.2 Å². The van der Waals surface area contributed by atoms with Crippen LogP contribution in [0.3, 0.4) is 0 Å². The Labute approximate surface area is 321 Å². The Morgan fingerprint density at radius 1 is 0.558 bits per heavy atom. The number of unbranched alkanes of at least 4 members (excludes halogenated alkanes) is 22. The number of nitrogens with one attached hydrogen (secondary N) is 1.